The van der Waals surface area contributed by atoms with Gasteiger partial charge in [0.25, 0.3) is 0 Å². The minimum absolute atomic E-state index is 0.162. The van der Waals surface area contributed by atoms with Gasteiger partial charge in [0, 0.05) is 12.0 Å². The highest BCUT2D eigenvalue weighted by Gasteiger charge is 2.16. The van der Waals surface area contributed by atoms with Crippen molar-refractivity contribution in [1.29, 1.82) is 0 Å². The van der Waals surface area contributed by atoms with Crippen LogP contribution < -0.4 is 4.72 Å². The summed E-state index contributed by atoms with van der Waals surface area (Å²) in [6.07, 6.45) is -0.162. The molecule has 1 atom stereocenters. The Bertz CT molecular complexity index is 277. The van der Waals surface area contributed by atoms with E-state index in [1.807, 2.05) is 27.7 Å². The SMILES string of the molecule is C=CS(=O)(=O)NC[C@@H](C)OC(C)(C)C. The van der Waals surface area contributed by atoms with Gasteiger partial charge in [-0.1, -0.05) is 6.58 Å². The molecular weight excluding hydrogens is 202 g/mol. The van der Waals surface area contributed by atoms with Gasteiger partial charge in [-0.3, -0.25) is 0 Å². The number of hydrogen-bond donors (Lipinski definition) is 1. The molecule has 0 bridgehead atoms. The van der Waals surface area contributed by atoms with Crippen LogP contribution in [-0.2, 0) is 14.8 Å². The number of sulfonamides is 1. The van der Waals surface area contributed by atoms with E-state index < -0.39 is 10.0 Å². The molecule has 84 valence electrons. The monoisotopic (exact) mass is 221 g/mol. The molecule has 4 nitrogen and oxygen atoms in total. The highest BCUT2D eigenvalue weighted by molar-refractivity contribution is 7.92. The van der Waals surface area contributed by atoms with Gasteiger partial charge in [-0.2, -0.15) is 0 Å². The first-order valence-electron chi connectivity index (χ1n) is 4.46. The van der Waals surface area contributed by atoms with Gasteiger partial charge >= 0.3 is 0 Å². The fraction of sp³-hybridized carbons (Fsp3) is 0.778. The lowest BCUT2D eigenvalue weighted by atomic mass is 10.2. The molecule has 0 aromatic rings. The molecule has 0 saturated carbocycles. The lowest BCUT2D eigenvalue weighted by Crippen LogP contribution is -2.35. The zero-order chi connectivity index (χ0) is 11.4. The molecule has 0 saturated heterocycles. The fourth-order valence-electron chi connectivity index (χ4n) is 0.938. The first kappa shape index (κ1) is 13.6. The lowest BCUT2D eigenvalue weighted by Gasteiger charge is -2.24. The van der Waals surface area contributed by atoms with Crippen LogP contribution in [0, 0.1) is 0 Å². The van der Waals surface area contributed by atoms with Gasteiger partial charge in [-0.25, -0.2) is 13.1 Å². The van der Waals surface area contributed by atoms with Gasteiger partial charge in [-0.15, -0.1) is 0 Å². The zero-order valence-corrected chi connectivity index (χ0v) is 10.0. The Morgan fingerprint density at radius 2 is 2.00 bits per heavy atom. The van der Waals surface area contributed by atoms with Gasteiger partial charge in [0.15, 0.2) is 0 Å². The molecule has 0 aliphatic rings. The Hall–Kier alpha value is -0.390. The van der Waals surface area contributed by atoms with Crippen LogP contribution in [0.25, 0.3) is 0 Å². The van der Waals surface area contributed by atoms with Crippen molar-refractivity contribution in [1.82, 2.24) is 4.72 Å². The van der Waals surface area contributed by atoms with Crippen molar-refractivity contribution in [3.05, 3.63) is 12.0 Å². The summed E-state index contributed by atoms with van der Waals surface area (Å²) in [6, 6.07) is 0. The smallest absolute Gasteiger partial charge is 0.233 e. The van der Waals surface area contributed by atoms with Gasteiger partial charge in [0.05, 0.1) is 11.7 Å². The first-order valence-corrected chi connectivity index (χ1v) is 6.01. The van der Waals surface area contributed by atoms with Crippen molar-refractivity contribution in [2.75, 3.05) is 6.54 Å². The summed E-state index contributed by atoms with van der Waals surface area (Å²) in [5, 5.41) is 0.886. The van der Waals surface area contributed by atoms with E-state index in [9.17, 15) is 8.42 Å². The summed E-state index contributed by atoms with van der Waals surface area (Å²) in [4.78, 5) is 0. The standard InChI is InChI=1S/C9H19NO3S/c1-6-14(11,12)10-7-8(2)13-9(3,4)5/h6,8,10H,1,7H2,2-5H3/t8-/m1/s1. The van der Waals surface area contributed by atoms with Crippen LogP contribution in [0.3, 0.4) is 0 Å². The van der Waals surface area contributed by atoms with E-state index in [0.717, 1.165) is 5.41 Å². The molecule has 0 fully saturated rings. The molecule has 0 amide bonds. The number of nitrogens with one attached hydrogen (secondary N) is 1. The molecule has 0 rings (SSSR count). The molecule has 0 spiro atoms. The molecule has 14 heavy (non-hydrogen) atoms. The third-order valence-corrected chi connectivity index (χ3v) is 2.35. The second-order valence-electron chi connectivity index (χ2n) is 4.10. The Labute approximate surface area is 86.4 Å². The third kappa shape index (κ3) is 7.06. The highest BCUT2D eigenvalue weighted by atomic mass is 32.2. The van der Waals surface area contributed by atoms with E-state index in [1.54, 1.807) is 0 Å². The van der Waals surface area contributed by atoms with Crippen LogP contribution in [0.2, 0.25) is 0 Å². The number of ether oxygens (including phenoxy) is 1. The molecule has 1 N–H and O–H groups in total. The minimum Gasteiger partial charge on any atom is -0.372 e. The van der Waals surface area contributed by atoms with Crippen molar-refractivity contribution in [3.63, 3.8) is 0 Å². The first-order chi connectivity index (χ1) is 6.16. The van der Waals surface area contributed by atoms with Crippen molar-refractivity contribution < 1.29 is 13.2 Å². The van der Waals surface area contributed by atoms with Crippen LogP contribution >= 0.6 is 0 Å². The summed E-state index contributed by atoms with van der Waals surface area (Å²) in [6.45, 7) is 11.0. The Balaban J connectivity index is 3.98. The highest BCUT2D eigenvalue weighted by Crippen LogP contribution is 2.09. The van der Waals surface area contributed by atoms with Gasteiger partial charge in [0.1, 0.15) is 0 Å². The Kier molecular flexibility index (Phi) is 4.77. The summed E-state index contributed by atoms with van der Waals surface area (Å²) >= 11 is 0. The van der Waals surface area contributed by atoms with E-state index in [1.165, 1.54) is 0 Å². The second-order valence-corrected chi connectivity index (χ2v) is 5.81. The topological polar surface area (TPSA) is 55.4 Å². The van der Waals surface area contributed by atoms with E-state index in [4.69, 9.17) is 4.74 Å². The van der Waals surface area contributed by atoms with Crippen molar-refractivity contribution >= 4 is 10.0 Å². The minimum atomic E-state index is -3.34. The third-order valence-electron chi connectivity index (χ3n) is 1.35. The maximum atomic E-state index is 11.0. The molecule has 0 radical (unpaired) electrons. The van der Waals surface area contributed by atoms with Gasteiger partial charge in [-0.05, 0) is 27.7 Å². The second kappa shape index (κ2) is 4.91. The van der Waals surface area contributed by atoms with Crippen molar-refractivity contribution in [3.8, 4) is 0 Å². The Morgan fingerprint density at radius 3 is 2.36 bits per heavy atom. The zero-order valence-electron chi connectivity index (χ0n) is 9.20. The largest absolute Gasteiger partial charge is 0.372 e. The normalized spacial score (nSPS) is 15.1. The maximum Gasteiger partial charge on any atom is 0.233 e. The quantitative estimate of drug-likeness (QED) is 0.760. The molecule has 0 heterocycles. The van der Waals surface area contributed by atoms with Crippen LogP contribution in [-0.4, -0.2) is 26.7 Å². The average Bonchev–Trinajstić information content (AvgIpc) is 1.98. The molecular formula is C9H19NO3S. The van der Waals surface area contributed by atoms with Crippen molar-refractivity contribution in [2.24, 2.45) is 0 Å². The summed E-state index contributed by atoms with van der Waals surface area (Å²) in [5.74, 6) is 0. The molecule has 0 aromatic carbocycles. The van der Waals surface area contributed by atoms with E-state index in [-0.39, 0.29) is 18.2 Å². The predicted octanol–water partition coefficient (Wildman–Crippen LogP) is 1.25. The maximum absolute atomic E-state index is 11.0. The van der Waals surface area contributed by atoms with Crippen LogP contribution in [0.5, 0.6) is 0 Å². The van der Waals surface area contributed by atoms with Gasteiger partial charge in [0.2, 0.25) is 10.0 Å². The van der Waals surface area contributed by atoms with E-state index in [0.29, 0.717) is 0 Å². The fourth-order valence-corrected chi connectivity index (χ4v) is 1.52. The molecule has 0 aromatic heterocycles. The van der Waals surface area contributed by atoms with E-state index >= 15 is 0 Å². The summed E-state index contributed by atoms with van der Waals surface area (Å²) < 4.78 is 29.8. The van der Waals surface area contributed by atoms with E-state index in [2.05, 4.69) is 11.3 Å². The summed E-state index contributed by atoms with van der Waals surface area (Å²) in [7, 11) is -3.34. The molecule has 0 aliphatic carbocycles. The van der Waals surface area contributed by atoms with Gasteiger partial charge < -0.3 is 4.74 Å². The molecule has 5 heteroatoms. The van der Waals surface area contributed by atoms with Crippen LogP contribution in [0.15, 0.2) is 12.0 Å². The predicted molar refractivity (Wildman–Crippen MR) is 57.4 cm³/mol. The van der Waals surface area contributed by atoms with Crippen LogP contribution in [0.4, 0.5) is 0 Å². The average molecular weight is 221 g/mol. The lowest BCUT2D eigenvalue weighted by molar-refractivity contribution is -0.0479. The molecule has 0 unspecified atom stereocenters. The Morgan fingerprint density at radius 1 is 1.50 bits per heavy atom. The van der Waals surface area contributed by atoms with Crippen LogP contribution in [0.1, 0.15) is 27.7 Å². The summed E-state index contributed by atoms with van der Waals surface area (Å²) in [5.41, 5.74) is -0.265. The van der Waals surface area contributed by atoms with Crippen molar-refractivity contribution in [2.45, 2.75) is 39.4 Å². The molecule has 0 aliphatic heterocycles. The number of rotatable bonds is 5. The number of hydrogen-bond acceptors (Lipinski definition) is 3.